The third kappa shape index (κ3) is 5.64. The lowest BCUT2D eigenvalue weighted by atomic mass is 9.92. The van der Waals surface area contributed by atoms with Gasteiger partial charge in [0.05, 0.1) is 6.10 Å². The molecule has 124 valence electrons. The van der Waals surface area contributed by atoms with Crippen LogP contribution in [0.1, 0.15) is 77.7 Å². The van der Waals surface area contributed by atoms with Crippen LogP contribution in [0.2, 0.25) is 0 Å². The highest BCUT2D eigenvalue weighted by Gasteiger charge is 2.17. The van der Waals surface area contributed by atoms with Crippen molar-refractivity contribution in [1.29, 1.82) is 0 Å². The number of rotatable bonds is 7. The van der Waals surface area contributed by atoms with Crippen LogP contribution in [0, 0.1) is 5.92 Å². The Morgan fingerprint density at radius 3 is 2.18 bits per heavy atom. The van der Waals surface area contributed by atoms with Gasteiger partial charge in [0, 0.05) is 0 Å². The van der Waals surface area contributed by atoms with Crippen molar-refractivity contribution in [2.75, 3.05) is 0 Å². The second-order valence-corrected chi connectivity index (χ2v) is 7.18. The van der Waals surface area contributed by atoms with E-state index in [0.717, 1.165) is 11.7 Å². The van der Waals surface area contributed by atoms with Gasteiger partial charge in [0.25, 0.3) is 0 Å². The summed E-state index contributed by atoms with van der Waals surface area (Å²) in [4.78, 5) is 0. The number of benzene rings is 1. The molecule has 2 atom stereocenters. The molecule has 0 radical (unpaired) electrons. The van der Waals surface area contributed by atoms with Crippen LogP contribution in [0.15, 0.2) is 24.3 Å². The summed E-state index contributed by atoms with van der Waals surface area (Å²) in [6.07, 6.45) is 7.74. The zero-order valence-electron chi connectivity index (χ0n) is 14.7. The summed E-state index contributed by atoms with van der Waals surface area (Å²) < 4.78 is 11.9. The van der Waals surface area contributed by atoms with Gasteiger partial charge in [-0.15, -0.1) is 0 Å². The topological polar surface area (TPSA) is 18.5 Å². The molecule has 1 aliphatic rings. The summed E-state index contributed by atoms with van der Waals surface area (Å²) in [5, 5.41) is 0. The Bertz CT molecular complexity index is 418. The molecule has 2 heteroatoms. The Labute approximate surface area is 136 Å². The fraction of sp³-hybridized carbons (Fsp3) is 0.700. The van der Waals surface area contributed by atoms with Crippen molar-refractivity contribution in [1.82, 2.24) is 0 Å². The van der Waals surface area contributed by atoms with Crippen molar-refractivity contribution in [3.05, 3.63) is 29.8 Å². The van der Waals surface area contributed by atoms with Crippen LogP contribution in [0.3, 0.4) is 0 Å². The van der Waals surface area contributed by atoms with E-state index in [-0.39, 0.29) is 6.29 Å². The average molecular weight is 304 g/mol. The lowest BCUT2D eigenvalue weighted by molar-refractivity contribution is -0.116. The fourth-order valence-corrected chi connectivity index (χ4v) is 3.41. The molecule has 0 aromatic heterocycles. The monoisotopic (exact) mass is 304 g/mol. The van der Waals surface area contributed by atoms with Crippen LogP contribution in [0.25, 0.3) is 0 Å². The average Bonchev–Trinajstić information content (AvgIpc) is 2.48. The van der Waals surface area contributed by atoms with Gasteiger partial charge in [0.15, 0.2) is 6.29 Å². The van der Waals surface area contributed by atoms with Gasteiger partial charge in [-0.1, -0.05) is 52.2 Å². The summed E-state index contributed by atoms with van der Waals surface area (Å²) in [5.74, 6) is 2.24. The summed E-state index contributed by atoms with van der Waals surface area (Å²) in [7, 11) is 0. The Morgan fingerprint density at radius 2 is 1.59 bits per heavy atom. The maximum Gasteiger partial charge on any atom is 0.197 e. The van der Waals surface area contributed by atoms with E-state index in [9.17, 15) is 0 Å². The summed E-state index contributed by atoms with van der Waals surface area (Å²) in [6, 6.07) is 8.53. The largest absolute Gasteiger partial charge is 0.465 e. The molecule has 0 bridgehead atoms. The third-order valence-electron chi connectivity index (χ3n) is 4.51. The van der Waals surface area contributed by atoms with E-state index in [0.29, 0.717) is 12.0 Å². The van der Waals surface area contributed by atoms with Crippen molar-refractivity contribution < 1.29 is 9.47 Å². The van der Waals surface area contributed by atoms with E-state index in [4.69, 9.17) is 9.47 Å². The van der Waals surface area contributed by atoms with Gasteiger partial charge in [-0.05, 0) is 55.7 Å². The summed E-state index contributed by atoms with van der Waals surface area (Å²) >= 11 is 0. The van der Waals surface area contributed by atoms with E-state index in [1.165, 1.54) is 44.1 Å². The first-order chi connectivity index (χ1) is 10.5. The molecule has 2 unspecified atom stereocenters. The molecule has 1 saturated carbocycles. The molecule has 1 fully saturated rings. The molecule has 2 rings (SSSR count). The zero-order valence-corrected chi connectivity index (χ0v) is 14.7. The van der Waals surface area contributed by atoms with Crippen molar-refractivity contribution >= 4 is 0 Å². The van der Waals surface area contributed by atoms with E-state index in [1.807, 2.05) is 6.92 Å². The second kappa shape index (κ2) is 8.57. The van der Waals surface area contributed by atoms with Crippen molar-refractivity contribution in [2.24, 2.45) is 5.92 Å². The molecular weight excluding hydrogens is 272 g/mol. The van der Waals surface area contributed by atoms with Gasteiger partial charge in [0.1, 0.15) is 5.75 Å². The Kier molecular flexibility index (Phi) is 6.75. The van der Waals surface area contributed by atoms with Gasteiger partial charge >= 0.3 is 0 Å². The lowest BCUT2D eigenvalue weighted by Gasteiger charge is -2.26. The molecule has 22 heavy (non-hydrogen) atoms. The lowest BCUT2D eigenvalue weighted by Crippen LogP contribution is -2.26. The predicted octanol–water partition coefficient (Wildman–Crippen LogP) is 5.91. The molecule has 1 aliphatic carbocycles. The smallest absolute Gasteiger partial charge is 0.197 e. The number of ether oxygens (including phenoxy) is 2. The van der Waals surface area contributed by atoms with Crippen LogP contribution < -0.4 is 4.74 Å². The zero-order chi connectivity index (χ0) is 15.9. The standard InChI is InChI=1S/C20H32O2/c1-15(2)14-16(3)18-10-12-20(13-11-18)22-17(4)21-19-8-6-5-7-9-19/h10-13,15-17,19H,5-9,14H2,1-4H3. The van der Waals surface area contributed by atoms with Crippen molar-refractivity contribution in [2.45, 2.75) is 84.5 Å². The predicted molar refractivity (Wildman–Crippen MR) is 92.4 cm³/mol. The molecule has 1 aromatic carbocycles. The van der Waals surface area contributed by atoms with E-state index in [2.05, 4.69) is 45.0 Å². The highest BCUT2D eigenvalue weighted by atomic mass is 16.7. The fourth-order valence-electron chi connectivity index (χ4n) is 3.41. The summed E-state index contributed by atoms with van der Waals surface area (Å²) in [6.45, 7) is 8.85. The SMILES string of the molecule is CC(C)CC(C)c1ccc(OC(C)OC2CCCCC2)cc1. The van der Waals surface area contributed by atoms with Gasteiger partial charge in [-0.2, -0.15) is 0 Å². The minimum atomic E-state index is -0.165. The molecule has 1 aromatic rings. The third-order valence-corrected chi connectivity index (χ3v) is 4.51. The quantitative estimate of drug-likeness (QED) is 0.583. The molecule has 0 amide bonds. The minimum Gasteiger partial charge on any atom is -0.465 e. The van der Waals surface area contributed by atoms with Crippen LogP contribution in [0.4, 0.5) is 0 Å². The van der Waals surface area contributed by atoms with Gasteiger partial charge in [-0.3, -0.25) is 0 Å². The van der Waals surface area contributed by atoms with Crippen LogP contribution in [0.5, 0.6) is 5.75 Å². The maximum absolute atomic E-state index is 6.00. The molecule has 0 spiro atoms. The van der Waals surface area contributed by atoms with Gasteiger partial charge in [-0.25, -0.2) is 0 Å². The Balaban J connectivity index is 1.82. The van der Waals surface area contributed by atoms with Crippen molar-refractivity contribution in [3.8, 4) is 5.75 Å². The highest BCUT2D eigenvalue weighted by molar-refractivity contribution is 5.29. The van der Waals surface area contributed by atoms with Gasteiger partial charge in [0.2, 0.25) is 0 Å². The molecule has 0 saturated heterocycles. The highest BCUT2D eigenvalue weighted by Crippen LogP contribution is 2.26. The second-order valence-electron chi connectivity index (χ2n) is 7.18. The number of hydrogen-bond donors (Lipinski definition) is 0. The first-order valence-electron chi connectivity index (χ1n) is 8.96. The first kappa shape index (κ1) is 17.3. The summed E-state index contributed by atoms with van der Waals surface area (Å²) in [5.41, 5.74) is 1.39. The van der Waals surface area contributed by atoms with E-state index < -0.39 is 0 Å². The van der Waals surface area contributed by atoms with Crippen molar-refractivity contribution in [3.63, 3.8) is 0 Å². The first-order valence-corrected chi connectivity index (χ1v) is 8.96. The van der Waals surface area contributed by atoms with Crippen LogP contribution in [-0.2, 0) is 4.74 Å². The minimum absolute atomic E-state index is 0.165. The molecule has 0 aliphatic heterocycles. The Morgan fingerprint density at radius 1 is 0.955 bits per heavy atom. The Hall–Kier alpha value is -1.02. The normalized spacial score (nSPS) is 19.1. The molecule has 0 heterocycles. The molecule has 0 N–H and O–H groups in total. The maximum atomic E-state index is 6.00. The molecule has 2 nitrogen and oxygen atoms in total. The van der Waals surface area contributed by atoms with Crippen LogP contribution in [-0.4, -0.2) is 12.4 Å². The van der Waals surface area contributed by atoms with E-state index in [1.54, 1.807) is 0 Å². The van der Waals surface area contributed by atoms with Gasteiger partial charge < -0.3 is 9.47 Å². The van der Waals surface area contributed by atoms with Crippen LogP contribution >= 0.6 is 0 Å². The molecular formula is C20H32O2. The number of hydrogen-bond acceptors (Lipinski definition) is 2. The van der Waals surface area contributed by atoms with E-state index >= 15 is 0 Å².